The number of aryl methyl sites for hydroxylation is 1. The van der Waals surface area contributed by atoms with Crippen LogP contribution in [0.1, 0.15) is 17.2 Å². The third-order valence-electron chi connectivity index (χ3n) is 3.16. The van der Waals surface area contributed by atoms with Gasteiger partial charge in [0.15, 0.2) is 11.6 Å². The average molecular weight is 288 g/mol. The van der Waals surface area contributed by atoms with E-state index in [1.807, 2.05) is 31.2 Å². The van der Waals surface area contributed by atoms with E-state index in [2.05, 4.69) is 5.32 Å². The van der Waals surface area contributed by atoms with Crippen LogP contribution in [-0.4, -0.2) is 13.0 Å². The zero-order valence-corrected chi connectivity index (χ0v) is 11.9. The fraction of sp³-hybridized carbons (Fsp3) is 0.188. The number of carbonyl (C=O) groups is 1. The Morgan fingerprint density at radius 3 is 2.43 bits per heavy atom. The monoisotopic (exact) mass is 288 g/mol. The van der Waals surface area contributed by atoms with Crippen molar-refractivity contribution in [2.24, 2.45) is 5.73 Å². The van der Waals surface area contributed by atoms with Crippen LogP contribution in [-0.2, 0) is 4.79 Å². The lowest BCUT2D eigenvalue weighted by atomic mass is 10.1. The fourth-order valence-corrected chi connectivity index (χ4v) is 2.00. The van der Waals surface area contributed by atoms with Crippen LogP contribution < -0.4 is 15.8 Å². The van der Waals surface area contributed by atoms with Crippen LogP contribution in [0, 0.1) is 12.7 Å². The molecule has 0 fully saturated rings. The highest BCUT2D eigenvalue weighted by molar-refractivity contribution is 5.84. The summed E-state index contributed by atoms with van der Waals surface area (Å²) < 4.78 is 18.6. The Kier molecular flexibility index (Phi) is 4.42. The second-order valence-corrected chi connectivity index (χ2v) is 4.74. The molecule has 1 amide bonds. The number of nitrogens with one attached hydrogen (secondary N) is 1. The van der Waals surface area contributed by atoms with Crippen molar-refractivity contribution in [3.63, 3.8) is 0 Å². The number of anilines is 1. The number of ether oxygens (including phenoxy) is 1. The Morgan fingerprint density at radius 1 is 1.24 bits per heavy atom. The number of rotatable bonds is 5. The molecule has 110 valence electrons. The summed E-state index contributed by atoms with van der Waals surface area (Å²) in [6.07, 6.45) is 0. The molecule has 1 atom stereocenters. The van der Waals surface area contributed by atoms with Gasteiger partial charge in [-0.05, 0) is 36.8 Å². The normalized spacial score (nSPS) is 11.8. The Hall–Kier alpha value is -2.56. The summed E-state index contributed by atoms with van der Waals surface area (Å²) in [7, 11) is 1.38. The molecule has 1 unspecified atom stereocenters. The number of benzene rings is 2. The summed E-state index contributed by atoms with van der Waals surface area (Å²) in [6, 6.07) is 11.0. The first kappa shape index (κ1) is 14.8. The van der Waals surface area contributed by atoms with E-state index in [-0.39, 0.29) is 5.75 Å². The average Bonchev–Trinajstić information content (AvgIpc) is 2.46. The van der Waals surface area contributed by atoms with E-state index >= 15 is 0 Å². The summed E-state index contributed by atoms with van der Waals surface area (Å²) in [5.41, 5.74) is 7.70. The third-order valence-corrected chi connectivity index (χ3v) is 3.16. The van der Waals surface area contributed by atoms with E-state index in [9.17, 15) is 9.18 Å². The van der Waals surface area contributed by atoms with Crippen molar-refractivity contribution in [1.29, 1.82) is 0 Å². The van der Waals surface area contributed by atoms with Gasteiger partial charge in [-0.3, -0.25) is 4.79 Å². The molecule has 2 aromatic carbocycles. The molecule has 21 heavy (non-hydrogen) atoms. The van der Waals surface area contributed by atoms with Gasteiger partial charge in [0.2, 0.25) is 5.91 Å². The molecule has 2 aromatic rings. The number of halogens is 1. The molecule has 0 aliphatic heterocycles. The van der Waals surface area contributed by atoms with E-state index < -0.39 is 17.8 Å². The molecule has 5 heteroatoms. The lowest BCUT2D eigenvalue weighted by Gasteiger charge is -2.18. The molecule has 0 radical (unpaired) electrons. The highest BCUT2D eigenvalue weighted by atomic mass is 19.1. The van der Waals surface area contributed by atoms with E-state index in [1.165, 1.54) is 19.2 Å². The predicted octanol–water partition coefficient (Wildman–Crippen LogP) is 2.78. The van der Waals surface area contributed by atoms with Crippen LogP contribution >= 0.6 is 0 Å². The Bertz CT molecular complexity index is 641. The maximum absolute atomic E-state index is 13.8. The van der Waals surface area contributed by atoms with Crippen LogP contribution in [0.2, 0.25) is 0 Å². The molecule has 0 heterocycles. The SMILES string of the molecule is COc1ccc(C(Nc2ccc(C)cc2)C(N)=O)cc1F. The highest BCUT2D eigenvalue weighted by Gasteiger charge is 2.19. The minimum Gasteiger partial charge on any atom is -0.494 e. The molecule has 2 rings (SSSR count). The number of carbonyl (C=O) groups excluding carboxylic acids is 1. The molecule has 3 N–H and O–H groups in total. The second kappa shape index (κ2) is 6.26. The van der Waals surface area contributed by atoms with Gasteiger partial charge < -0.3 is 15.8 Å². The molecule has 4 nitrogen and oxygen atoms in total. The number of hydrogen-bond acceptors (Lipinski definition) is 3. The van der Waals surface area contributed by atoms with Crippen molar-refractivity contribution in [3.05, 3.63) is 59.4 Å². The van der Waals surface area contributed by atoms with Crippen molar-refractivity contribution in [2.75, 3.05) is 12.4 Å². The van der Waals surface area contributed by atoms with Gasteiger partial charge in [0.25, 0.3) is 0 Å². The van der Waals surface area contributed by atoms with Crippen molar-refractivity contribution in [2.45, 2.75) is 13.0 Å². The minimum absolute atomic E-state index is 0.123. The molecular weight excluding hydrogens is 271 g/mol. The van der Waals surface area contributed by atoms with Gasteiger partial charge in [-0.1, -0.05) is 23.8 Å². The van der Waals surface area contributed by atoms with Crippen LogP contribution in [0.15, 0.2) is 42.5 Å². The Balaban J connectivity index is 2.28. The van der Waals surface area contributed by atoms with Crippen molar-refractivity contribution in [1.82, 2.24) is 0 Å². The zero-order valence-electron chi connectivity index (χ0n) is 11.9. The van der Waals surface area contributed by atoms with Gasteiger partial charge in [-0.25, -0.2) is 4.39 Å². The molecule has 0 aliphatic carbocycles. The lowest BCUT2D eigenvalue weighted by molar-refractivity contribution is -0.118. The van der Waals surface area contributed by atoms with Crippen LogP contribution in [0.3, 0.4) is 0 Å². The standard InChI is InChI=1S/C16H17FN2O2/c1-10-3-6-12(7-4-10)19-15(16(18)20)11-5-8-14(21-2)13(17)9-11/h3-9,15,19H,1-2H3,(H2,18,20). The predicted molar refractivity (Wildman–Crippen MR) is 79.7 cm³/mol. The highest BCUT2D eigenvalue weighted by Crippen LogP contribution is 2.24. The first-order valence-electron chi connectivity index (χ1n) is 6.47. The van der Waals surface area contributed by atoms with Crippen molar-refractivity contribution < 1.29 is 13.9 Å². The Labute approximate surface area is 122 Å². The van der Waals surface area contributed by atoms with E-state index in [4.69, 9.17) is 10.5 Å². The minimum atomic E-state index is -0.812. The van der Waals surface area contributed by atoms with Crippen LogP contribution in [0.4, 0.5) is 10.1 Å². The van der Waals surface area contributed by atoms with Gasteiger partial charge in [-0.2, -0.15) is 0 Å². The third kappa shape index (κ3) is 3.51. The molecule has 0 aliphatic rings. The fourth-order valence-electron chi connectivity index (χ4n) is 2.00. The number of amides is 1. The summed E-state index contributed by atoms with van der Waals surface area (Å²) in [6.45, 7) is 1.97. The molecule has 0 spiro atoms. The molecule has 0 aromatic heterocycles. The maximum Gasteiger partial charge on any atom is 0.244 e. The molecule has 0 bridgehead atoms. The molecule has 0 saturated heterocycles. The Morgan fingerprint density at radius 2 is 1.90 bits per heavy atom. The van der Waals surface area contributed by atoms with Crippen LogP contribution in [0.5, 0.6) is 5.75 Å². The van der Waals surface area contributed by atoms with Gasteiger partial charge in [0.05, 0.1) is 7.11 Å². The largest absolute Gasteiger partial charge is 0.494 e. The summed E-state index contributed by atoms with van der Waals surface area (Å²) in [5, 5.41) is 3.00. The van der Waals surface area contributed by atoms with Gasteiger partial charge in [0.1, 0.15) is 6.04 Å². The van der Waals surface area contributed by atoms with Gasteiger partial charge in [0, 0.05) is 5.69 Å². The molecule has 0 saturated carbocycles. The maximum atomic E-state index is 13.8. The first-order valence-corrected chi connectivity index (χ1v) is 6.47. The van der Waals surface area contributed by atoms with E-state index in [0.29, 0.717) is 5.56 Å². The van der Waals surface area contributed by atoms with Crippen LogP contribution in [0.25, 0.3) is 0 Å². The topological polar surface area (TPSA) is 64.3 Å². The zero-order chi connectivity index (χ0) is 15.4. The van der Waals surface area contributed by atoms with E-state index in [1.54, 1.807) is 6.07 Å². The summed E-state index contributed by atoms with van der Waals surface area (Å²) >= 11 is 0. The van der Waals surface area contributed by atoms with Crippen molar-refractivity contribution in [3.8, 4) is 5.75 Å². The number of primary amides is 1. The van der Waals surface area contributed by atoms with Crippen molar-refractivity contribution >= 4 is 11.6 Å². The number of nitrogens with two attached hydrogens (primary N) is 1. The summed E-state index contributed by atoms with van der Waals surface area (Å²) in [5.74, 6) is -0.996. The van der Waals surface area contributed by atoms with E-state index in [0.717, 1.165) is 11.3 Å². The van der Waals surface area contributed by atoms with Gasteiger partial charge in [-0.15, -0.1) is 0 Å². The number of methoxy groups -OCH3 is 1. The number of hydrogen-bond donors (Lipinski definition) is 2. The summed E-state index contributed by atoms with van der Waals surface area (Å²) in [4.78, 5) is 11.6. The van der Waals surface area contributed by atoms with Gasteiger partial charge >= 0.3 is 0 Å². The molecular formula is C16H17FN2O2. The lowest BCUT2D eigenvalue weighted by Crippen LogP contribution is -2.27. The quantitative estimate of drug-likeness (QED) is 0.889. The smallest absolute Gasteiger partial charge is 0.244 e. The second-order valence-electron chi connectivity index (χ2n) is 4.74. The first-order chi connectivity index (χ1) is 10.0.